The Kier molecular flexibility index (Phi) is 2.99. The van der Waals surface area contributed by atoms with Crippen molar-refractivity contribution in [3.05, 3.63) is 21.8 Å². The third-order valence-electron chi connectivity index (χ3n) is 2.45. The summed E-state index contributed by atoms with van der Waals surface area (Å²) in [6, 6.07) is 0. The number of nitrogens with zero attached hydrogens (tertiary/aromatic N) is 2. The number of aromatic nitrogens is 2. The minimum Gasteiger partial charge on any atom is -0.381 e. The van der Waals surface area contributed by atoms with Gasteiger partial charge in [0.25, 0.3) is 0 Å². The average molecular weight is 305 g/mol. The number of ether oxygens (including phenoxy) is 1. The van der Waals surface area contributed by atoms with Crippen LogP contribution in [0.2, 0.25) is 0 Å². The maximum absolute atomic E-state index is 6.22. The highest BCUT2D eigenvalue weighted by atomic mass is 127. The molecule has 2 heterocycles. The molecule has 0 aliphatic carbocycles. The van der Waals surface area contributed by atoms with Crippen LogP contribution in [0.15, 0.2) is 12.4 Å². The fourth-order valence-electron chi connectivity index (χ4n) is 1.53. The van der Waals surface area contributed by atoms with Crippen molar-refractivity contribution in [3.63, 3.8) is 0 Å². The fourth-order valence-corrected chi connectivity index (χ4v) is 1.81. The lowest BCUT2D eigenvalue weighted by atomic mass is 9.90. The van der Waals surface area contributed by atoms with Crippen molar-refractivity contribution in [1.82, 2.24) is 9.97 Å². The van der Waals surface area contributed by atoms with Gasteiger partial charge in [0, 0.05) is 29.2 Å². The zero-order chi connectivity index (χ0) is 10.0. The lowest BCUT2D eigenvalue weighted by molar-refractivity contribution is 0.0491. The maximum Gasteiger partial charge on any atom is 0.148 e. The topological polar surface area (TPSA) is 61.0 Å². The third-order valence-corrected chi connectivity index (χ3v) is 3.01. The molecule has 1 saturated heterocycles. The number of hydrogen-bond donors (Lipinski definition) is 1. The second-order valence-electron chi connectivity index (χ2n) is 3.49. The first-order valence-corrected chi connectivity index (χ1v) is 5.63. The van der Waals surface area contributed by atoms with Crippen LogP contribution >= 0.6 is 22.6 Å². The Morgan fingerprint density at radius 3 is 2.43 bits per heavy atom. The molecule has 0 aromatic carbocycles. The van der Waals surface area contributed by atoms with E-state index in [0.717, 1.165) is 22.2 Å². The second-order valence-corrected chi connectivity index (χ2v) is 4.74. The summed E-state index contributed by atoms with van der Waals surface area (Å²) < 4.78 is 6.30. The molecule has 0 saturated carbocycles. The van der Waals surface area contributed by atoms with Gasteiger partial charge in [-0.2, -0.15) is 0 Å². The highest BCUT2D eigenvalue weighted by Crippen LogP contribution is 2.26. The monoisotopic (exact) mass is 305 g/mol. The molecule has 0 bridgehead atoms. The van der Waals surface area contributed by atoms with Crippen LogP contribution in [0.5, 0.6) is 0 Å². The van der Waals surface area contributed by atoms with Crippen LogP contribution in [-0.4, -0.2) is 23.2 Å². The van der Waals surface area contributed by atoms with Gasteiger partial charge in [-0.3, -0.25) is 0 Å². The Balaban J connectivity index is 2.23. The second kappa shape index (κ2) is 4.08. The van der Waals surface area contributed by atoms with Crippen LogP contribution in [0.1, 0.15) is 18.7 Å². The summed E-state index contributed by atoms with van der Waals surface area (Å²) >= 11 is 2.18. The van der Waals surface area contributed by atoms with Gasteiger partial charge in [-0.25, -0.2) is 9.97 Å². The highest BCUT2D eigenvalue weighted by molar-refractivity contribution is 14.1. The molecule has 1 aromatic rings. The molecule has 5 heteroatoms. The van der Waals surface area contributed by atoms with Crippen LogP contribution < -0.4 is 5.73 Å². The Morgan fingerprint density at radius 2 is 1.86 bits per heavy atom. The molecule has 76 valence electrons. The number of halogens is 1. The predicted molar refractivity (Wildman–Crippen MR) is 60.7 cm³/mol. The largest absolute Gasteiger partial charge is 0.381 e. The molecule has 0 amide bonds. The number of nitrogens with two attached hydrogens (primary N) is 1. The van der Waals surface area contributed by atoms with Gasteiger partial charge in [-0.05, 0) is 35.4 Å². The molecule has 14 heavy (non-hydrogen) atoms. The Morgan fingerprint density at radius 1 is 1.29 bits per heavy atom. The van der Waals surface area contributed by atoms with E-state index in [1.54, 1.807) is 12.4 Å². The lowest BCUT2D eigenvalue weighted by Crippen LogP contribution is -2.43. The molecular formula is C9H12IN3O. The summed E-state index contributed by atoms with van der Waals surface area (Å²) in [4.78, 5) is 8.55. The first-order chi connectivity index (χ1) is 6.71. The molecular weight excluding hydrogens is 293 g/mol. The molecule has 1 fully saturated rings. The van der Waals surface area contributed by atoms with E-state index in [9.17, 15) is 0 Å². The van der Waals surface area contributed by atoms with Gasteiger partial charge in [0.15, 0.2) is 0 Å². The minimum absolute atomic E-state index is 0.386. The minimum atomic E-state index is -0.386. The van der Waals surface area contributed by atoms with Crippen molar-refractivity contribution in [2.75, 3.05) is 13.2 Å². The normalized spacial score (nSPS) is 20.7. The summed E-state index contributed by atoms with van der Waals surface area (Å²) in [7, 11) is 0. The van der Waals surface area contributed by atoms with Crippen LogP contribution in [0.25, 0.3) is 0 Å². The summed E-state index contributed by atoms with van der Waals surface area (Å²) in [5.41, 5.74) is 5.84. The van der Waals surface area contributed by atoms with E-state index < -0.39 is 0 Å². The van der Waals surface area contributed by atoms with E-state index in [1.807, 2.05) is 0 Å². The van der Waals surface area contributed by atoms with E-state index in [0.29, 0.717) is 13.2 Å². The van der Waals surface area contributed by atoms with Crippen molar-refractivity contribution in [1.29, 1.82) is 0 Å². The smallest absolute Gasteiger partial charge is 0.148 e. The Labute approximate surface area is 96.4 Å². The molecule has 4 nitrogen and oxygen atoms in total. The van der Waals surface area contributed by atoms with E-state index in [-0.39, 0.29) is 5.54 Å². The fraction of sp³-hybridized carbons (Fsp3) is 0.556. The standard InChI is InChI=1S/C9H12IN3O/c10-7-5-12-8(13-6-7)9(11)1-3-14-4-2-9/h5-6H,1-4,11H2. The zero-order valence-corrected chi connectivity index (χ0v) is 9.90. The van der Waals surface area contributed by atoms with Crippen molar-refractivity contribution in [3.8, 4) is 0 Å². The average Bonchev–Trinajstić information content (AvgIpc) is 2.19. The Bertz CT molecular complexity index is 308. The SMILES string of the molecule is NC1(c2ncc(I)cn2)CCOCC1. The first-order valence-electron chi connectivity index (χ1n) is 4.55. The zero-order valence-electron chi connectivity index (χ0n) is 7.74. The quantitative estimate of drug-likeness (QED) is 0.788. The van der Waals surface area contributed by atoms with Gasteiger partial charge in [0.2, 0.25) is 0 Å². The van der Waals surface area contributed by atoms with E-state index in [2.05, 4.69) is 32.6 Å². The van der Waals surface area contributed by atoms with Crippen LogP contribution in [0.3, 0.4) is 0 Å². The van der Waals surface area contributed by atoms with Crippen molar-refractivity contribution >= 4 is 22.6 Å². The molecule has 0 unspecified atom stereocenters. The molecule has 1 aliphatic heterocycles. The molecule has 2 rings (SSSR count). The first kappa shape index (κ1) is 10.3. The van der Waals surface area contributed by atoms with Crippen LogP contribution in [0, 0.1) is 3.57 Å². The molecule has 0 radical (unpaired) electrons. The third kappa shape index (κ3) is 2.04. The van der Waals surface area contributed by atoms with Crippen LogP contribution in [-0.2, 0) is 10.3 Å². The van der Waals surface area contributed by atoms with Crippen LogP contribution in [0.4, 0.5) is 0 Å². The maximum atomic E-state index is 6.22. The molecule has 1 aromatic heterocycles. The summed E-state index contributed by atoms with van der Waals surface area (Å²) in [5.74, 6) is 0.737. The van der Waals surface area contributed by atoms with Gasteiger partial charge in [0.1, 0.15) is 5.82 Å². The predicted octanol–water partition coefficient (Wildman–Crippen LogP) is 1.05. The highest BCUT2D eigenvalue weighted by Gasteiger charge is 2.32. The van der Waals surface area contributed by atoms with Crippen molar-refractivity contribution in [2.45, 2.75) is 18.4 Å². The Hall–Kier alpha value is -0.270. The molecule has 2 N–H and O–H groups in total. The molecule has 0 spiro atoms. The lowest BCUT2D eigenvalue weighted by Gasteiger charge is -2.31. The van der Waals surface area contributed by atoms with E-state index in [1.165, 1.54) is 0 Å². The van der Waals surface area contributed by atoms with Crippen molar-refractivity contribution in [2.24, 2.45) is 5.73 Å². The number of hydrogen-bond acceptors (Lipinski definition) is 4. The van der Waals surface area contributed by atoms with Gasteiger partial charge >= 0.3 is 0 Å². The summed E-state index contributed by atoms with van der Waals surface area (Å²) in [6.07, 6.45) is 5.20. The van der Waals surface area contributed by atoms with Gasteiger partial charge < -0.3 is 10.5 Å². The molecule has 0 atom stereocenters. The van der Waals surface area contributed by atoms with Crippen molar-refractivity contribution < 1.29 is 4.74 Å². The summed E-state index contributed by atoms with van der Waals surface area (Å²) in [5, 5.41) is 0. The van der Waals surface area contributed by atoms with Gasteiger partial charge in [0.05, 0.1) is 5.54 Å². The molecule has 1 aliphatic rings. The summed E-state index contributed by atoms with van der Waals surface area (Å²) in [6.45, 7) is 1.40. The van der Waals surface area contributed by atoms with E-state index >= 15 is 0 Å². The van der Waals surface area contributed by atoms with E-state index in [4.69, 9.17) is 10.5 Å². The number of rotatable bonds is 1. The van der Waals surface area contributed by atoms with Gasteiger partial charge in [-0.1, -0.05) is 0 Å². The van der Waals surface area contributed by atoms with Gasteiger partial charge in [-0.15, -0.1) is 0 Å².